The molecule has 0 aromatic heterocycles. The molecule has 2 fully saturated rings. The first-order valence-electron chi connectivity index (χ1n) is 4.00. The number of nitrogens with one attached hydrogen (secondary N) is 1. The maximum Gasteiger partial charge on any atom is 0.317 e. The minimum absolute atomic E-state index is 0.114. The Balaban J connectivity index is 2.06. The number of amides is 2. The summed E-state index contributed by atoms with van der Waals surface area (Å²) in [6.45, 7) is 3.72. The number of carbonyl (C=O) groups excluding carboxylic acids is 1. The second-order valence-electron chi connectivity index (χ2n) is 3.30. The lowest BCUT2D eigenvalue weighted by molar-refractivity contribution is 0.139. The van der Waals surface area contributed by atoms with Gasteiger partial charge in [0.2, 0.25) is 0 Å². The monoisotopic (exact) mass is 155 g/mol. The number of nitrogens with zero attached hydrogens (tertiary/aromatic N) is 2. The van der Waals surface area contributed by atoms with Crippen molar-refractivity contribution in [3.8, 4) is 0 Å². The molecule has 4 heteroatoms. The lowest BCUT2D eigenvalue weighted by atomic mass is 10.2. The lowest BCUT2D eigenvalue weighted by Gasteiger charge is -2.33. The molecular formula is C7H13N3O. The molecule has 2 rings (SSSR count). The molecule has 0 bridgehead atoms. The SMILES string of the molecule is CN1CCN2C(=O)NC[C@@H]2C1. The van der Waals surface area contributed by atoms with Gasteiger partial charge < -0.3 is 15.1 Å². The Kier molecular flexibility index (Phi) is 1.49. The molecular weight excluding hydrogens is 142 g/mol. The first-order chi connectivity index (χ1) is 5.27. The number of likely N-dealkylation sites (N-methyl/N-ethyl adjacent to an activating group) is 1. The Hall–Kier alpha value is -0.770. The zero-order valence-electron chi connectivity index (χ0n) is 6.71. The largest absolute Gasteiger partial charge is 0.336 e. The van der Waals surface area contributed by atoms with Gasteiger partial charge in [-0.05, 0) is 7.05 Å². The minimum atomic E-state index is 0.114. The minimum Gasteiger partial charge on any atom is -0.336 e. The Morgan fingerprint density at radius 3 is 3.18 bits per heavy atom. The third kappa shape index (κ3) is 1.07. The summed E-state index contributed by atoms with van der Waals surface area (Å²) in [7, 11) is 2.10. The summed E-state index contributed by atoms with van der Waals surface area (Å²) in [6.07, 6.45) is 0. The van der Waals surface area contributed by atoms with E-state index in [9.17, 15) is 4.79 Å². The van der Waals surface area contributed by atoms with Crippen molar-refractivity contribution < 1.29 is 4.79 Å². The first kappa shape index (κ1) is 6.91. The van der Waals surface area contributed by atoms with Gasteiger partial charge in [0.05, 0.1) is 6.04 Å². The summed E-state index contributed by atoms with van der Waals surface area (Å²) in [5.74, 6) is 0. The smallest absolute Gasteiger partial charge is 0.317 e. The summed E-state index contributed by atoms with van der Waals surface area (Å²) in [5.41, 5.74) is 0. The third-order valence-electron chi connectivity index (χ3n) is 2.44. The summed E-state index contributed by atoms with van der Waals surface area (Å²) in [5, 5.41) is 2.84. The van der Waals surface area contributed by atoms with E-state index in [4.69, 9.17) is 0 Å². The molecule has 1 N–H and O–H groups in total. The van der Waals surface area contributed by atoms with E-state index in [-0.39, 0.29) is 6.03 Å². The van der Waals surface area contributed by atoms with Crippen LogP contribution in [0, 0.1) is 0 Å². The Morgan fingerprint density at radius 1 is 1.55 bits per heavy atom. The van der Waals surface area contributed by atoms with Gasteiger partial charge in [-0.15, -0.1) is 0 Å². The van der Waals surface area contributed by atoms with Crippen LogP contribution in [0.4, 0.5) is 4.79 Å². The quantitative estimate of drug-likeness (QED) is 0.503. The van der Waals surface area contributed by atoms with E-state index in [1.807, 2.05) is 4.90 Å². The first-order valence-corrected chi connectivity index (χ1v) is 4.00. The fraction of sp³-hybridized carbons (Fsp3) is 0.857. The molecule has 0 aliphatic carbocycles. The lowest BCUT2D eigenvalue weighted by Crippen LogP contribution is -2.50. The average Bonchev–Trinajstić information content (AvgIpc) is 2.32. The highest BCUT2D eigenvalue weighted by Crippen LogP contribution is 2.12. The predicted octanol–water partition coefficient (Wildman–Crippen LogP) is -0.674. The van der Waals surface area contributed by atoms with Gasteiger partial charge in [-0.2, -0.15) is 0 Å². The Labute approximate surface area is 66.1 Å². The van der Waals surface area contributed by atoms with E-state index in [1.54, 1.807) is 0 Å². The normalized spacial score (nSPS) is 31.9. The van der Waals surface area contributed by atoms with Gasteiger partial charge >= 0.3 is 6.03 Å². The van der Waals surface area contributed by atoms with E-state index in [0.717, 1.165) is 26.2 Å². The van der Waals surface area contributed by atoms with E-state index in [0.29, 0.717) is 6.04 Å². The van der Waals surface area contributed by atoms with Crippen LogP contribution in [0.25, 0.3) is 0 Å². The number of hydrogen-bond acceptors (Lipinski definition) is 2. The predicted molar refractivity (Wildman–Crippen MR) is 41.4 cm³/mol. The maximum atomic E-state index is 11.1. The highest BCUT2D eigenvalue weighted by molar-refractivity contribution is 5.77. The van der Waals surface area contributed by atoms with Crippen molar-refractivity contribution in [3.63, 3.8) is 0 Å². The molecule has 2 heterocycles. The van der Waals surface area contributed by atoms with Crippen LogP contribution < -0.4 is 5.32 Å². The topological polar surface area (TPSA) is 35.6 Å². The molecule has 2 saturated heterocycles. The molecule has 0 radical (unpaired) electrons. The molecule has 0 aromatic carbocycles. The van der Waals surface area contributed by atoms with E-state index in [2.05, 4.69) is 17.3 Å². The van der Waals surface area contributed by atoms with Gasteiger partial charge in [0, 0.05) is 26.2 Å². The fourth-order valence-corrected chi connectivity index (χ4v) is 1.76. The number of hydrogen-bond donors (Lipinski definition) is 1. The van der Waals surface area contributed by atoms with E-state index in [1.165, 1.54) is 0 Å². The van der Waals surface area contributed by atoms with Crippen molar-refractivity contribution in [1.29, 1.82) is 0 Å². The van der Waals surface area contributed by atoms with Crippen LogP contribution in [0.1, 0.15) is 0 Å². The van der Waals surface area contributed by atoms with Crippen LogP contribution >= 0.6 is 0 Å². The molecule has 0 spiro atoms. The number of fused-ring (bicyclic) bond motifs is 1. The molecule has 4 nitrogen and oxygen atoms in total. The maximum absolute atomic E-state index is 11.1. The van der Waals surface area contributed by atoms with Gasteiger partial charge in [0.1, 0.15) is 0 Å². The van der Waals surface area contributed by atoms with Crippen molar-refractivity contribution in [1.82, 2.24) is 15.1 Å². The molecule has 0 unspecified atom stereocenters. The number of carbonyl (C=O) groups is 1. The highest BCUT2D eigenvalue weighted by Gasteiger charge is 2.33. The second-order valence-corrected chi connectivity index (χ2v) is 3.30. The Morgan fingerprint density at radius 2 is 2.36 bits per heavy atom. The van der Waals surface area contributed by atoms with Crippen LogP contribution in [0.15, 0.2) is 0 Å². The molecule has 0 saturated carbocycles. The third-order valence-corrected chi connectivity index (χ3v) is 2.44. The van der Waals surface area contributed by atoms with Gasteiger partial charge in [0.25, 0.3) is 0 Å². The van der Waals surface area contributed by atoms with E-state index < -0.39 is 0 Å². The van der Waals surface area contributed by atoms with Crippen molar-refractivity contribution in [3.05, 3.63) is 0 Å². The highest BCUT2D eigenvalue weighted by atomic mass is 16.2. The van der Waals surface area contributed by atoms with E-state index >= 15 is 0 Å². The van der Waals surface area contributed by atoms with Gasteiger partial charge in [0.15, 0.2) is 0 Å². The molecule has 2 aliphatic heterocycles. The van der Waals surface area contributed by atoms with Crippen LogP contribution in [0.2, 0.25) is 0 Å². The summed E-state index contributed by atoms with van der Waals surface area (Å²) in [4.78, 5) is 15.3. The van der Waals surface area contributed by atoms with Crippen molar-refractivity contribution >= 4 is 6.03 Å². The van der Waals surface area contributed by atoms with Crippen molar-refractivity contribution in [2.45, 2.75) is 6.04 Å². The summed E-state index contributed by atoms with van der Waals surface area (Å²) >= 11 is 0. The molecule has 0 aromatic rings. The molecule has 11 heavy (non-hydrogen) atoms. The average molecular weight is 155 g/mol. The van der Waals surface area contributed by atoms with Crippen LogP contribution in [0.3, 0.4) is 0 Å². The fourth-order valence-electron chi connectivity index (χ4n) is 1.76. The molecule has 2 amide bonds. The Bertz CT molecular complexity index is 183. The van der Waals surface area contributed by atoms with Crippen molar-refractivity contribution in [2.75, 3.05) is 33.2 Å². The molecule has 62 valence electrons. The van der Waals surface area contributed by atoms with Gasteiger partial charge in [-0.1, -0.05) is 0 Å². The van der Waals surface area contributed by atoms with Crippen LogP contribution in [0.5, 0.6) is 0 Å². The number of rotatable bonds is 0. The molecule has 1 atom stereocenters. The molecule has 2 aliphatic rings. The van der Waals surface area contributed by atoms with Gasteiger partial charge in [-0.3, -0.25) is 0 Å². The van der Waals surface area contributed by atoms with Crippen molar-refractivity contribution in [2.24, 2.45) is 0 Å². The van der Waals surface area contributed by atoms with Crippen LogP contribution in [-0.4, -0.2) is 55.1 Å². The number of urea groups is 1. The number of piperazine rings is 1. The van der Waals surface area contributed by atoms with Gasteiger partial charge in [-0.25, -0.2) is 4.79 Å². The summed E-state index contributed by atoms with van der Waals surface area (Å²) < 4.78 is 0. The zero-order chi connectivity index (χ0) is 7.84. The zero-order valence-corrected chi connectivity index (χ0v) is 6.71. The summed E-state index contributed by atoms with van der Waals surface area (Å²) in [6, 6.07) is 0.532. The van der Waals surface area contributed by atoms with Crippen LogP contribution in [-0.2, 0) is 0 Å². The standard InChI is InChI=1S/C7H13N3O/c1-9-2-3-10-6(5-9)4-8-7(10)11/h6H,2-5H2,1H3,(H,8,11)/t6-/m1/s1. The second kappa shape index (κ2) is 2.37.